The Bertz CT molecular complexity index is 69.3. The van der Waals surface area contributed by atoms with Crippen molar-refractivity contribution < 1.29 is 0 Å². The van der Waals surface area contributed by atoms with E-state index >= 15 is 0 Å². The fraction of sp³-hybridized carbons (Fsp3) is 1.00. The molecule has 0 saturated carbocycles. The second-order valence-electron chi connectivity index (χ2n) is 3.05. The first kappa shape index (κ1) is 9.51. The highest BCUT2D eigenvalue weighted by Crippen LogP contribution is 2.18. The van der Waals surface area contributed by atoms with Gasteiger partial charge >= 0.3 is 0 Å². The minimum atomic E-state index is -0.932. The van der Waals surface area contributed by atoms with E-state index in [4.69, 9.17) is 11.6 Å². The second kappa shape index (κ2) is 4.34. The minimum absolute atomic E-state index is 0.932. The molecule has 0 amide bonds. The highest BCUT2D eigenvalue weighted by atomic mass is 35.5. The van der Waals surface area contributed by atoms with Crippen LogP contribution in [0, 0.1) is 0 Å². The van der Waals surface area contributed by atoms with Gasteiger partial charge in [-0.1, -0.05) is 38.9 Å². The quantitative estimate of drug-likeness (QED) is 0.442. The summed E-state index contributed by atoms with van der Waals surface area (Å²) in [5, 5.41) is 0. The van der Waals surface area contributed by atoms with E-state index in [0.29, 0.717) is 0 Å². The van der Waals surface area contributed by atoms with E-state index in [0.717, 1.165) is 5.50 Å². The molecule has 0 N–H and O–H groups in total. The summed E-state index contributed by atoms with van der Waals surface area (Å²) in [6, 6.07) is 2.73. The maximum atomic E-state index is 5.85. The first-order valence-electron chi connectivity index (χ1n) is 3.74. The molecule has 0 aromatic carbocycles. The van der Waals surface area contributed by atoms with Gasteiger partial charge in [-0.3, -0.25) is 0 Å². The minimum Gasteiger partial charge on any atom is -0.130 e. The summed E-state index contributed by atoms with van der Waals surface area (Å²) in [5.74, 6) is 0. The van der Waals surface area contributed by atoms with Gasteiger partial charge in [-0.2, -0.15) is 0 Å². The molecule has 0 bridgehead atoms. The third kappa shape index (κ3) is 3.26. The van der Waals surface area contributed by atoms with Crippen LogP contribution < -0.4 is 0 Å². The van der Waals surface area contributed by atoms with Crippen molar-refractivity contribution >= 4 is 19.7 Å². The zero-order valence-corrected chi connectivity index (χ0v) is 8.46. The molecule has 0 radical (unpaired) electrons. The Kier molecular flexibility index (Phi) is 4.59. The van der Waals surface area contributed by atoms with E-state index in [-0.39, 0.29) is 0 Å². The van der Waals surface area contributed by atoms with Crippen molar-refractivity contribution in [1.29, 1.82) is 0 Å². The summed E-state index contributed by atoms with van der Waals surface area (Å²) in [6.45, 7) is 6.90. The van der Waals surface area contributed by atoms with Gasteiger partial charge in [0.25, 0.3) is 0 Å². The third-order valence-corrected chi connectivity index (χ3v) is 8.02. The molecular formula is C7H17ClSi. The number of alkyl halides is 1. The van der Waals surface area contributed by atoms with Crippen LogP contribution in [-0.4, -0.2) is 13.6 Å². The number of hydrogen-bond donors (Lipinski definition) is 0. The summed E-state index contributed by atoms with van der Waals surface area (Å²) < 4.78 is 0. The molecular weight excluding hydrogens is 148 g/mol. The van der Waals surface area contributed by atoms with Crippen LogP contribution in [0.4, 0.5) is 0 Å². The van der Waals surface area contributed by atoms with Crippen molar-refractivity contribution in [3.05, 3.63) is 0 Å². The van der Waals surface area contributed by atoms with Crippen LogP contribution in [0.25, 0.3) is 0 Å². The molecule has 0 aliphatic carbocycles. The topological polar surface area (TPSA) is 0 Å². The summed E-state index contributed by atoms with van der Waals surface area (Å²) in [7, 11) is -0.932. The fourth-order valence-corrected chi connectivity index (χ4v) is 3.79. The van der Waals surface area contributed by atoms with Crippen molar-refractivity contribution in [2.24, 2.45) is 0 Å². The SMILES string of the molecule is CCC[Si](C)(CC)CCl. The summed E-state index contributed by atoms with van der Waals surface area (Å²) in [4.78, 5) is 0. The predicted octanol–water partition coefficient (Wildman–Crippen LogP) is 3.27. The van der Waals surface area contributed by atoms with Crippen molar-refractivity contribution in [3.8, 4) is 0 Å². The first-order valence-corrected chi connectivity index (χ1v) is 7.40. The van der Waals surface area contributed by atoms with E-state index in [1.165, 1.54) is 18.5 Å². The fourth-order valence-electron chi connectivity index (χ4n) is 0.942. The molecule has 0 aromatic rings. The van der Waals surface area contributed by atoms with E-state index in [1.807, 2.05) is 0 Å². The Balaban J connectivity index is 3.62. The standard InChI is InChI=1S/C7H17ClSi/c1-4-6-9(3,5-2)7-8/h4-7H2,1-3H3. The zero-order valence-electron chi connectivity index (χ0n) is 6.71. The van der Waals surface area contributed by atoms with Gasteiger partial charge in [0.05, 0.1) is 8.07 Å². The van der Waals surface area contributed by atoms with Crippen molar-refractivity contribution in [3.63, 3.8) is 0 Å². The van der Waals surface area contributed by atoms with Crippen LogP contribution in [0.15, 0.2) is 0 Å². The average Bonchev–Trinajstić information content (AvgIpc) is 1.89. The first-order chi connectivity index (χ1) is 4.18. The van der Waals surface area contributed by atoms with Gasteiger partial charge < -0.3 is 0 Å². The van der Waals surface area contributed by atoms with Crippen LogP contribution in [0.2, 0.25) is 18.6 Å². The molecule has 0 aromatic heterocycles. The predicted molar refractivity (Wildman–Crippen MR) is 47.9 cm³/mol. The van der Waals surface area contributed by atoms with Crippen LogP contribution in [-0.2, 0) is 0 Å². The molecule has 2 heteroatoms. The molecule has 0 rings (SSSR count). The summed E-state index contributed by atoms with van der Waals surface area (Å²) in [5.41, 5.74) is 0.942. The molecule has 0 saturated heterocycles. The third-order valence-electron chi connectivity index (χ3n) is 2.03. The Hall–Kier alpha value is 0.507. The maximum absolute atomic E-state index is 5.85. The molecule has 1 atom stereocenters. The molecule has 0 aliphatic heterocycles. The van der Waals surface area contributed by atoms with Crippen LogP contribution in [0.3, 0.4) is 0 Å². The van der Waals surface area contributed by atoms with E-state index in [1.54, 1.807) is 0 Å². The van der Waals surface area contributed by atoms with Crippen molar-refractivity contribution in [2.75, 3.05) is 5.50 Å². The lowest BCUT2D eigenvalue weighted by atomic mass is 10.6. The second-order valence-corrected chi connectivity index (χ2v) is 8.95. The molecule has 0 fully saturated rings. The molecule has 56 valence electrons. The van der Waals surface area contributed by atoms with Gasteiger partial charge in [0.2, 0.25) is 0 Å². The maximum Gasteiger partial charge on any atom is 0.0667 e. The van der Waals surface area contributed by atoms with Crippen molar-refractivity contribution in [1.82, 2.24) is 0 Å². The normalized spacial score (nSPS) is 17.3. The van der Waals surface area contributed by atoms with Gasteiger partial charge in [-0.15, -0.1) is 11.6 Å². The van der Waals surface area contributed by atoms with E-state index in [2.05, 4.69) is 20.4 Å². The van der Waals surface area contributed by atoms with Gasteiger partial charge in [0.1, 0.15) is 0 Å². The lowest BCUT2D eigenvalue weighted by Crippen LogP contribution is -2.31. The van der Waals surface area contributed by atoms with Gasteiger partial charge in [-0.25, -0.2) is 0 Å². The largest absolute Gasteiger partial charge is 0.130 e. The summed E-state index contributed by atoms with van der Waals surface area (Å²) in [6.07, 6.45) is 1.31. The lowest BCUT2D eigenvalue weighted by Gasteiger charge is -2.21. The molecule has 0 aliphatic rings. The molecule has 0 nitrogen and oxygen atoms in total. The number of rotatable bonds is 4. The van der Waals surface area contributed by atoms with Gasteiger partial charge in [0.15, 0.2) is 0 Å². The average molecular weight is 165 g/mol. The van der Waals surface area contributed by atoms with Crippen LogP contribution in [0.1, 0.15) is 20.3 Å². The van der Waals surface area contributed by atoms with Crippen LogP contribution in [0.5, 0.6) is 0 Å². The smallest absolute Gasteiger partial charge is 0.0667 e. The zero-order chi connectivity index (χ0) is 7.33. The Morgan fingerprint density at radius 3 is 2.00 bits per heavy atom. The Labute approximate surface area is 64.6 Å². The Morgan fingerprint density at radius 2 is 1.89 bits per heavy atom. The van der Waals surface area contributed by atoms with Crippen LogP contribution >= 0.6 is 11.6 Å². The molecule has 1 unspecified atom stereocenters. The highest BCUT2D eigenvalue weighted by molar-refractivity contribution is 6.84. The summed E-state index contributed by atoms with van der Waals surface area (Å²) >= 11 is 5.85. The van der Waals surface area contributed by atoms with Gasteiger partial charge in [0, 0.05) is 5.50 Å². The Morgan fingerprint density at radius 1 is 1.33 bits per heavy atom. The molecule has 0 spiro atoms. The van der Waals surface area contributed by atoms with Crippen molar-refractivity contribution in [2.45, 2.75) is 38.9 Å². The lowest BCUT2D eigenvalue weighted by molar-refractivity contribution is 1.03. The van der Waals surface area contributed by atoms with E-state index < -0.39 is 8.07 Å². The van der Waals surface area contributed by atoms with Gasteiger partial charge in [-0.05, 0) is 0 Å². The number of hydrogen-bond acceptors (Lipinski definition) is 0. The molecule has 9 heavy (non-hydrogen) atoms. The number of halogens is 1. The highest BCUT2D eigenvalue weighted by Gasteiger charge is 2.21. The van der Waals surface area contributed by atoms with E-state index in [9.17, 15) is 0 Å². The monoisotopic (exact) mass is 164 g/mol. The molecule has 0 heterocycles.